The highest BCUT2D eigenvalue weighted by Crippen LogP contribution is 2.18. The number of hydrogen-bond acceptors (Lipinski definition) is 2. The third-order valence-corrected chi connectivity index (χ3v) is 3.10. The van der Waals surface area contributed by atoms with E-state index in [4.69, 9.17) is 9.47 Å². The fraction of sp³-hybridized carbons (Fsp3) is 1.00. The third kappa shape index (κ3) is 7.74. The van der Waals surface area contributed by atoms with E-state index in [9.17, 15) is 0 Å². The topological polar surface area (TPSA) is 32.6 Å². The lowest BCUT2D eigenvalue weighted by atomic mass is 10.1. The standard InChI is InChI=1S/C14H30NO2/c1-9-13(5,6)16-11(3)15-12(4)17-14(7,8)10-2/h11-12H,9-10H2,1-8H3. The van der Waals surface area contributed by atoms with Crippen molar-refractivity contribution in [3.63, 3.8) is 0 Å². The summed E-state index contributed by atoms with van der Waals surface area (Å²) in [5, 5.41) is 4.50. The van der Waals surface area contributed by atoms with Crippen LogP contribution in [-0.2, 0) is 9.47 Å². The maximum Gasteiger partial charge on any atom is 0.124 e. The van der Waals surface area contributed by atoms with Crippen LogP contribution in [-0.4, -0.2) is 23.7 Å². The highest BCUT2D eigenvalue weighted by Gasteiger charge is 2.24. The van der Waals surface area contributed by atoms with Gasteiger partial charge in [-0.3, -0.25) is 0 Å². The second kappa shape index (κ2) is 6.72. The van der Waals surface area contributed by atoms with Crippen molar-refractivity contribution in [3.05, 3.63) is 0 Å². The van der Waals surface area contributed by atoms with Crippen molar-refractivity contribution in [1.29, 1.82) is 0 Å². The highest BCUT2D eigenvalue weighted by molar-refractivity contribution is 4.70. The summed E-state index contributed by atoms with van der Waals surface area (Å²) in [6.07, 6.45) is 1.69. The van der Waals surface area contributed by atoms with E-state index in [0.29, 0.717) is 0 Å². The number of rotatable bonds is 8. The van der Waals surface area contributed by atoms with Gasteiger partial charge in [0.2, 0.25) is 0 Å². The van der Waals surface area contributed by atoms with Gasteiger partial charge in [0.25, 0.3) is 0 Å². The lowest BCUT2D eigenvalue weighted by Crippen LogP contribution is -2.41. The molecular formula is C14H30NO2. The molecule has 0 saturated heterocycles. The first-order valence-electron chi connectivity index (χ1n) is 6.67. The third-order valence-electron chi connectivity index (χ3n) is 3.10. The molecule has 17 heavy (non-hydrogen) atoms. The second-order valence-corrected chi connectivity index (χ2v) is 5.81. The first-order valence-corrected chi connectivity index (χ1v) is 6.67. The van der Waals surface area contributed by atoms with E-state index in [0.717, 1.165) is 12.8 Å². The van der Waals surface area contributed by atoms with Crippen LogP contribution < -0.4 is 5.32 Å². The van der Waals surface area contributed by atoms with Crippen molar-refractivity contribution in [3.8, 4) is 0 Å². The quantitative estimate of drug-likeness (QED) is 0.652. The lowest BCUT2D eigenvalue weighted by molar-refractivity contribution is -0.135. The fourth-order valence-corrected chi connectivity index (χ4v) is 1.45. The second-order valence-electron chi connectivity index (χ2n) is 5.81. The van der Waals surface area contributed by atoms with E-state index in [1.165, 1.54) is 0 Å². The minimum atomic E-state index is -0.132. The molecule has 0 spiro atoms. The summed E-state index contributed by atoms with van der Waals surface area (Å²) in [6.45, 7) is 16.5. The summed E-state index contributed by atoms with van der Waals surface area (Å²) in [6, 6.07) is 0. The molecule has 0 aliphatic heterocycles. The Morgan fingerprint density at radius 3 is 1.35 bits per heavy atom. The van der Waals surface area contributed by atoms with Crippen LogP contribution in [0.25, 0.3) is 0 Å². The summed E-state index contributed by atoms with van der Waals surface area (Å²) in [7, 11) is 0. The summed E-state index contributed by atoms with van der Waals surface area (Å²) >= 11 is 0. The fourth-order valence-electron chi connectivity index (χ4n) is 1.45. The normalized spacial score (nSPS) is 16.9. The molecule has 0 aliphatic rings. The van der Waals surface area contributed by atoms with Crippen LogP contribution in [0.1, 0.15) is 68.2 Å². The summed E-state index contributed by atoms with van der Waals surface area (Å²) < 4.78 is 11.7. The SMILES string of the molecule is CCC(C)(C)OC(C)[N]C(C)OC(C)(C)CC. The minimum absolute atomic E-state index is 0.122. The van der Waals surface area contributed by atoms with Crippen LogP contribution in [0, 0.1) is 0 Å². The van der Waals surface area contributed by atoms with Gasteiger partial charge in [0.15, 0.2) is 0 Å². The molecule has 0 bridgehead atoms. The molecule has 0 saturated carbocycles. The summed E-state index contributed by atoms with van der Waals surface area (Å²) in [4.78, 5) is 0. The van der Waals surface area contributed by atoms with Crippen LogP contribution in [0.4, 0.5) is 0 Å². The van der Waals surface area contributed by atoms with E-state index >= 15 is 0 Å². The predicted octanol–water partition coefficient (Wildman–Crippen LogP) is 3.69. The highest BCUT2D eigenvalue weighted by atomic mass is 16.5. The van der Waals surface area contributed by atoms with Gasteiger partial charge in [0, 0.05) is 0 Å². The monoisotopic (exact) mass is 244 g/mol. The Morgan fingerprint density at radius 2 is 1.12 bits per heavy atom. The van der Waals surface area contributed by atoms with Crippen LogP contribution in [0.3, 0.4) is 0 Å². The maximum absolute atomic E-state index is 5.86. The molecule has 0 amide bonds. The molecule has 103 valence electrons. The largest absolute Gasteiger partial charge is 0.356 e. The molecule has 3 heteroatoms. The Kier molecular flexibility index (Phi) is 6.67. The Hall–Kier alpha value is -0.120. The average molecular weight is 244 g/mol. The molecule has 3 nitrogen and oxygen atoms in total. The Balaban J connectivity index is 4.08. The van der Waals surface area contributed by atoms with Crippen molar-refractivity contribution in [1.82, 2.24) is 5.32 Å². The van der Waals surface area contributed by atoms with Crippen molar-refractivity contribution in [2.24, 2.45) is 0 Å². The number of hydrogen-bond donors (Lipinski definition) is 0. The van der Waals surface area contributed by atoms with Gasteiger partial charge in [-0.25, -0.2) is 0 Å². The molecule has 0 aromatic rings. The molecule has 0 rings (SSSR count). The van der Waals surface area contributed by atoms with Crippen LogP contribution in [0.5, 0.6) is 0 Å². The minimum Gasteiger partial charge on any atom is -0.356 e. The average Bonchev–Trinajstić information content (AvgIpc) is 2.15. The van der Waals surface area contributed by atoms with Gasteiger partial charge >= 0.3 is 0 Å². The van der Waals surface area contributed by atoms with Gasteiger partial charge in [0.05, 0.1) is 11.2 Å². The van der Waals surface area contributed by atoms with Crippen LogP contribution in [0.2, 0.25) is 0 Å². The zero-order valence-electron chi connectivity index (χ0n) is 12.8. The summed E-state index contributed by atoms with van der Waals surface area (Å²) in [5.41, 5.74) is -0.244. The molecule has 0 aliphatic carbocycles. The zero-order chi connectivity index (χ0) is 13.7. The van der Waals surface area contributed by atoms with E-state index < -0.39 is 0 Å². The molecule has 2 atom stereocenters. The van der Waals surface area contributed by atoms with E-state index in [-0.39, 0.29) is 23.7 Å². The Morgan fingerprint density at radius 1 is 0.824 bits per heavy atom. The lowest BCUT2D eigenvalue weighted by Gasteiger charge is -2.32. The first kappa shape index (κ1) is 16.9. The molecule has 0 fully saturated rings. The van der Waals surface area contributed by atoms with Gasteiger partial charge in [0.1, 0.15) is 12.5 Å². The molecule has 0 heterocycles. The molecule has 0 aromatic carbocycles. The van der Waals surface area contributed by atoms with Crippen molar-refractivity contribution >= 4 is 0 Å². The molecule has 1 radical (unpaired) electrons. The van der Waals surface area contributed by atoms with Gasteiger partial charge in [-0.2, -0.15) is 5.32 Å². The van der Waals surface area contributed by atoms with Crippen LogP contribution in [0.15, 0.2) is 0 Å². The van der Waals surface area contributed by atoms with Crippen molar-refractivity contribution in [2.75, 3.05) is 0 Å². The Bertz CT molecular complexity index is 192. The molecule has 2 unspecified atom stereocenters. The van der Waals surface area contributed by atoms with Gasteiger partial charge in [-0.05, 0) is 54.4 Å². The number of ether oxygens (including phenoxy) is 2. The molecule has 0 aromatic heterocycles. The van der Waals surface area contributed by atoms with E-state index in [2.05, 4.69) is 46.9 Å². The predicted molar refractivity (Wildman–Crippen MR) is 72.0 cm³/mol. The number of nitrogens with zero attached hydrogens (tertiary/aromatic N) is 1. The smallest absolute Gasteiger partial charge is 0.124 e. The van der Waals surface area contributed by atoms with Crippen LogP contribution >= 0.6 is 0 Å². The Labute approximate surface area is 107 Å². The summed E-state index contributed by atoms with van der Waals surface area (Å²) in [5.74, 6) is 0. The van der Waals surface area contributed by atoms with E-state index in [1.54, 1.807) is 0 Å². The first-order chi connectivity index (χ1) is 7.62. The van der Waals surface area contributed by atoms with Crippen molar-refractivity contribution < 1.29 is 9.47 Å². The molecule has 0 N–H and O–H groups in total. The molecular weight excluding hydrogens is 214 g/mol. The van der Waals surface area contributed by atoms with Gasteiger partial charge in [-0.15, -0.1) is 0 Å². The van der Waals surface area contributed by atoms with E-state index in [1.807, 2.05) is 13.8 Å². The zero-order valence-corrected chi connectivity index (χ0v) is 12.8. The van der Waals surface area contributed by atoms with Crippen molar-refractivity contribution in [2.45, 2.75) is 91.9 Å². The van der Waals surface area contributed by atoms with Gasteiger partial charge < -0.3 is 9.47 Å². The van der Waals surface area contributed by atoms with Gasteiger partial charge in [-0.1, -0.05) is 13.8 Å². The maximum atomic E-state index is 5.86.